The lowest BCUT2D eigenvalue weighted by Crippen LogP contribution is -2.50. The number of ether oxygens (including phenoxy) is 1. The van der Waals surface area contributed by atoms with Gasteiger partial charge in [0.15, 0.2) is 0 Å². The van der Waals surface area contributed by atoms with Crippen LogP contribution in [0.4, 0.5) is 5.69 Å². The molecule has 8 heteroatoms. The normalized spacial score (nSPS) is 21.7. The lowest BCUT2D eigenvalue weighted by molar-refractivity contribution is -0.142. The number of nitrogens with zero attached hydrogens (tertiary/aromatic N) is 2. The molecule has 37 heavy (non-hydrogen) atoms. The van der Waals surface area contributed by atoms with Gasteiger partial charge in [0, 0.05) is 16.8 Å². The molecule has 1 N–H and O–H groups in total. The van der Waals surface area contributed by atoms with E-state index in [0.717, 1.165) is 62.1 Å². The third-order valence-electron chi connectivity index (χ3n) is 7.79. The van der Waals surface area contributed by atoms with Crippen molar-refractivity contribution in [3.8, 4) is 10.4 Å². The maximum Gasteiger partial charge on any atom is 0.328 e. The maximum atomic E-state index is 14.2. The Morgan fingerprint density at radius 2 is 1.70 bits per heavy atom. The lowest BCUT2D eigenvalue weighted by Gasteiger charge is -2.40. The van der Waals surface area contributed by atoms with Crippen LogP contribution < -0.4 is 10.2 Å². The molecule has 1 aromatic carbocycles. The van der Waals surface area contributed by atoms with Gasteiger partial charge in [0.25, 0.3) is 5.91 Å². The topological polar surface area (TPSA) is 79.0 Å². The summed E-state index contributed by atoms with van der Waals surface area (Å²) < 4.78 is 4.81. The van der Waals surface area contributed by atoms with Gasteiger partial charge in [-0.1, -0.05) is 37.3 Å². The summed E-state index contributed by atoms with van der Waals surface area (Å²) in [5.74, 6) is -0.111. The Labute approximate surface area is 224 Å². The second-order valence-corrected chi connectivity index (χ2v) is 11.7. The minimum atomic E-state index is -0.792. The Morgan fingerprint density at radius 3 is 2.32 bits per heavy atom. The van der Waals surface area contributed by atoms with Gasteiger partial charge >= 0.3 is 5.97 Å². The number of carbonyl (C=O) groups is 3. The van der Waals surface area contributed by atoms with E-state index >= 15 is 0 Å². The fourth-order valence-electron chi connectivity index (χ4n) is 5.42. The molecule has 0 unspecified atom stereocenters. The summed E-state index contributed by atoms with van der Waals surface area (Å²) in [4.78, 5) is 45.4. The molecular formula is C29H39N3O4S. The van der Waals surface area contributed by atoms with Crippen molar-refractivity contribution < 1.29 is 19.1 Å². The highest BCUT2D eigenvalue weighted by molar-refractivity contribution is 7.18. The standard InChI is InChI=1S/C29H39N3O4S/c1-19-10-12-22(13-11-19)28(34)32(23-14-16-31(3)17-15-23)24-18-25(21-8-6-5-7-9-21)37-26(24)27(33)30-20(2)29(35)36-4/h5-9,18-20,22-23H,10-17H2,1-4H3,(H,30,33)/t19?,20-,22?/m1/s1. The summed E-state index contributed by atoms with van der Waals surface area (Å²) in [6, 6.07) is 11.2. The Morgan fingerprint density at radius 1 is 1.05 bits per heavy atom. The highest BCUT2D eigenvalue weighted by Gasteiger charge is 2.37. The SMILES string of the molecule is COC(=O)[C@@H](C)NC(=O)c1sc(-c2ccccc2)cc1N(C(=O)C1CCC(C)CC1)C1CCN(C)CC1. The molecule has 1 aromatic heterocycles. The van der Waals surface area contributed by atoms with Crippen molar-refractivity contribution in [1.82, 2.24) is 10.2 Å². The van der Waals surface area contributed by atoms with Crippen LogP contribution >= 0.6 is 11.3 Å². The molecule has 7 nitrogen and oxygen atoms in total. The molecule has 2 fully saturated rings. The van der Waals surface area contributed by atoms with E-state index in [1.165, 1.54) is 18.4 Å². The molecule has 200 valence electrons. The van der Waals surface area contributed by atoms with Gasteiger partial charge in [0.1, 0.15) is 10.9 Å². The molecule has 2 heterocycles. The van der Waals surface area contributed by atoms with Gasteiger partial charge in [-0.25, -0.2) is 4.79 Å². The molecule has 2 amide bonds. The number of amides is 2. The van der Waals surface area contributed by atoms with Gasteiger partial charge in [0.2, 0.25) is 5.91 Å². The number of methoxy groups -OCH3 is 1. The van der Waals surface area contributed by atoms with E-state index in [0.29, 0.717) is 16.5 Å². The number of hydrogen-bond acceptors (Lipinski definition) is 6. The van der Waals surface area contributed by atoms with Crippen LogP contribution in [-0.2, 0) is 14.3 Å². The zero-order valence-corrected chi connectivity index (χ0v) is 23.2. The molecule has 0 radical (unpaired) electrons. The first-order chi connectivity index (χ1) is 17.8. The van der Waals surface area contributed by atoms with Crippen LogP contribution in [0.5, 0.6) is 0 Å². The Kier molecular flexibility index (Phi) is 9.03. The monoisotopic (exact) mass is 525 g/mol. The summed E-state index contributed by atoms with van der Waals surface area (Å²) in [7, 11) is 3.41. The molecule has 2 aromatic rings. The first-order valence-electron chi connectivity index (χ1n) is 13.4. The van der Waals surface area contributed by atoms with Gasteiger partial charge in [0.05, 0.1) is 12.8 Å². The number of nitrogens with one attached hydrogen (secondary N) is 1. The summed E-state index contributed by atoms with van der Waals surface area (Å²) in [5, 5.41) is 2.79. The summed E-state index contributed by atoms with van der Waals surface area (Å²) in [5.41, 5.74) is 1.66. The smallest absolute Gasteiger partial charge is 0.328 e. The van der Waals surface area contributed by atoms with Gasteiger partial charge < -0.3 is 19.9 Å². The summed E-state index contributed by atoms with van der Waals surface area (Å²) in [6.45, 7) is 5.68. The van der Waals surface area contributed by atoms with Crippen LogP contribution in [-0.4, -0.2) is 62.0 Å². The first kappa shape index (κ1) is 27.3. The second-order valence-electron chi connectivity index (χ2n) is 10.6. The number of thiophene rings is 1. The number of piperidine rings is 1. The fourth-order valence-corrected chi connectivity index (χ4v) is 6.48. The molecular weight excluding hydrogens is 486 g/mol. The zero-order valence-electron chi connectivity index (χ0n) is 22.4. The maximum absolute atomic E-state index is 14.2. The minimum Gasteiger partial charge on any atom is -0.467 e. The summed E-state index contributed by atoms with van der Waals surface area (Å²) >= 11 is 1.37. The van der Waals surface area contributed by atoms with Crippen LogP contribution in [0.1, 0.15) is 62.0 Å². The van der Waals surface area contributed by atoms with Crippen LogP contribution in [0.25, 0.3) is 10.4 Å². The molecule has 2 aliphatic rings. The van der Waals surface area contributed by atoms with E-state index in [4.69, 9.17) is 4.74 Å². The van der Waals surface area contributed by atoms with E-state index in [1.54, 1.807) is 6.92 Å². The van der Waals surface area contributed by atoms with Crippen LogP contribution in [0.3, 0.4) is 0 Å². The molecule has 0 bridgehead atoms. The number of anilines is 1. The van der Waals surface area contributed by atoms with E-state index in [-0.39, 0.29) is 23.8 Å². The van der Waals surface area contributed by atoms with E-state index in [9.17, 15) is 14.4 Å². The lowest BCUT2D eigenvalue weighted by atomic mass is 9.82. The number of likely N-dealkylation sites (tertiary alicyclic amines) is 1. The quantitative estimate of drug-likeness (QED) is 0.517. The number of rotatable bonds is 7. The molecule has 4 rings (SSSR count). The van der Waals surface area contributed by atoms with Gasteiger partial charge in [-0.2, -0.15) is 0 Å². The van der Waals surface area contributed by atoms with Crippen molar-refractivity contribution >= 4 is 34.8 Å². The number of benzene rings is 1. The third-order valence-corrected chi connectivity index (χ3v) is 8.97. The van der Waals surface area contributed by atoms with Gasteiger partial charge in [-0.15, -0.1) is 11.3 Å². The minimum absolute atomic E-state index is 0.0270. The summed E-state index contributed by atoms with van der Waals surface area (Å²) in [6.07, 6.45) is 5.61. The largest absolute Gasteiger partial charge is 0.467 e. The van der Waals surface area contributed by atoms with Gasteiger partial charge in [-0.05, 0) is 83.1 Å². The highest BCUT2D eigenvalue weighted by atomic mass is 32.1. The molecule has 1 aliphatic heterocycles. The fraction of sp³-hybridized carbons (Fsp3) is 0.552. The predicted molar refractivity (Wildman–Crippen MR) is 148 cm³/mol. The van der Waals surface area contributed by atoms with Crippen molar-refractivity contribution in [2.24, 2.45) is 11.8 Å². The number of hydrogen-bond donors (Lipinski definition) is 1. The van der Waals surface area contributed by atoms with Crippen molar-refractivity contribution in [1.29, 1.82) is 0 Å². The van der Waals surface area contributed by atoms with Crippen LogP contribution in [0.15, 0.2) is 36.4 Å². The Bertz CT molecular complexity index is 1090. The van der Waals surface area contributed by atoms with Crippen molar-refractivity contribution in [3.05, 3.63) is 41.3 Å². The average molecular weight is 526 g/mol. The van der Waals surface area contributed by atoms with E-state index < -0.39 is 12.0 Å². The Hall–Kier alpha value is -2.71. The van der Waals surface area contributed by atoms with Crippen LogP contribution in [0, 0.1) is 11.8 Å². The number of carbonyl (C=O) groups excluding carboxylic acids is 3. The average Bonchev–Trinajstić information content (AvgIpc) is 3.35. The predicted octanol–water partition coefficient (Wildman–Crippen LogP) is 4.96. The van der Waals surface area contributed by atoms with Crippen LogP contribution in [0.2, 0.25) is 0 Å². The van der Waals surface area contributed by atoms with Gasteiger partial charge in [-0.3, -0.25) is 9.59 Å². The van der Waals surface area contributed by atoms with E-state index in [2.05, 4.69) is 24.2 Å². The molecule has 1 atom stereocenters. The van der Waals surface area contributed by atoms with Crippen molar-refractivity contribution in [2.45, 2.75) is 64.5 Å². The zero-order chi connectivity index (χ0) is 26.5. The molecule has 1 aliphatic carbocycles. The van der Waals surface area contributed by atoms with Crippen molar-refractivity contribution in [2.75, 3.05) is 32.1 Å². The first-order valence-corrected chi connectivity index (χ1v) is 14.2. The molecule has 1 saturated carbocycles. The number of esters is 1. The van der Waals surface area contributed by atoms with Crippen molar-refractivity contribution in [3.63, 3.8) is 0 Å². The second kappa shape index (κ2) is 12.2. The van der Waals surface area contributed by atoms with E-state index in [1.807, 2.05) is 41.3 Å². The Balaban J connectivity index is 1.75. The molecule has 0 spiro atoms. The highest BCUT2D eigenvalue weighted by Crippen LogP contribution is 2.41. The third kappa shape index (κ3) is 6.41. The molecule has 1 saturated heterocycles.